The number of hydrogen-bond donors (Lipinski definition) is 0. The summed E-state index contributed by atoms with van der Waals surface area (Å²) in [6.45, 7) is 4.02. The number of nitrogens with zero attached hydrogens (tertiary/aromatic N) is 3. The van der Waals surface area contributed by atoms with E-state index in [2.05, 4.69) is 4.98 Å². The zero-order valence-corrected chi connectivity index (χ0v) is 18.8. The van der Waals surface area contributed by atoms with Gasteiger partial charge in [0, 0.05) is 28.9 Å². The van der Waals surface area contributed by atoms with Crippen molar-refractivity contribution >= 4 is 10.9 Å². The summed E-state index contributed by atoms with van der Waals surface area (Å²) >= 11 is 0. The highest BCUT2D eigenvalue weighted by Gasteiger charge is 2.17. The average molecular weight is 444 g/mol. The Bertz CT molecular complexity index is 1610. The lowest BCUT2D eigenvalue weighted by Gasteiger charge is -2.15. The maximum atomic E-state index is 6.56. The van der Waals surface area contributed by atoms with Gasteiger partial charge in [-0.05, 0) is 67.9 Å². The molecule has 4 aromatic rings. The summed E-state index contributed by atoms with van der Waals surface area (Å²) in [6, 6.07) is 27.6. The molecule has 1 aromatic carbocycles. The first-order chi connectivity index (χ1) is 16.7. The van der Waals surface area contributed by atoms with Crippen molar-refractivity contribution in [2.75, 3.05) is 0 Å². The molecule has 2 aliphatic rings. The summed E-state index contributed by atoms with van der Waals surface area (Å²) in [6.07, 6.45) is 1.76. The zero-order chi connectivity index (χ0) is 23.1. The first kappa shape index (κ1) is 20.1. The predicted octanol–water partition coefficient (Wildman–Crippen LogP) is 7.47. The van der Waals surface area contributed by atoms with E-state index in [0.717, 1.165) is 39.2 Å². The summed E-state index contributed by atoms with van der Waals surface area (Å²) in [5, 5.41) is 0.908. The summed E-state index contributed by atoms with van der Waals surface area (Å²) in [7, 11) is 0. The molecule has 0 amide bonds. The van der Waals surface area contributed by atoms with E-state index < -0.39 is 0 Å². The molecule has 0 fully saturated rings. The van der Waals surface area contributed by atoms with Crippen LogP contribution in [0.25, 0.3) is 45.1 Å². The Balaban J connectivity index is 1.52. The summed E-state index contributed by atoms with van der Waals surface area (Å²) in [5.74, 6) is 2.83. The number of aromatic nitrogens is 3. The minimum absolute atomic E-state index is 0.646. The third-order valence-corrected chi connectivity index (χ3v) is 5.93. The maximum absolute atomic E-state index is 6.56. The molecule has 0 bridgehead atoms. The van der Waals surface area contributed by atoms with E-state index in [1.165, 1.54) is 0 Å². The van der Waals surface area contributed by atoms with E-state index in [1.54, 1.807) is 6.20 Å². The van der Waals surface area contributed by atoms with Crippen molar-refractivity contribution < 1.29 is 9.15 Å². The minimum Gasteiger partial charge on any atom is -0.454 e. The van der Waals surface area contributed by atoms with Crippen LogP contribution in [0.15, 0.2) is 95.5 Å². The Morgan fingerprint density at radius 2 is 1.59 bits per heavy atom. The molecule has 5 heteroatoms. The standard InChI is InChI=1S/C29H21N3O2/c1-18-16-28(29(31-19(18)2)23-11-5-6-15-30-23)34-27-17-24(32-22-10-4-3-9-21(22)27)26-14-13-20-8-7-12-25(20)33-26/h3-17H,1-2H3. The number of ether oxygens (including phenoxy) is 1. The number of aryl methyl sites for hydroxylation is 2. The van der Waals surface area contributed by atoms with Gasteiger partial charge in [-0.1, -0.05) is 30.3 Å². The molecule has 0 radical (unpaired) electrons. The first-order valence-electron chi connectivity index (χ1n) is 11.1. The van der Waals surface area contributed by atoms with E-state index in [9.17, 15) is 0 Å². The van der Waals surface area contributed by atoms with Crippen LogP contribution in [0, 0.1) is 13.8 Å². The van der Waals surface area contributed by atoms with Crippen LogP contribution in [0.2, 0.25) is 0 Å². The van der Waals surface area contributed by atoms with Crippen molar-refractivity contribution in [3.8, 4) is 45.7 Å². The van der Waals surface area contributed by atoms with Crippen LogP contribution in [0.1, 0.15) is 11.3 Å². The van der Waals surface area contributed by atoms with Gasteiger partial charge in [0.05, 0.1) is 11.2 Å². The second kappa shape index (κ2) is 8.12. The van der Waals surface area contributed by atoms with Gasteiger partial charge in [-0.2, -0.15) is 0 Å². The highest BCUT2D eigenvalue weighted by Crippen LogP contribution is 2.38. The lowest BCUT2D eigenvalue weighted by atomic mass is 10.1. The summed E-state index contributed by atoms with van der Waals surface area (Å²) in [5.41, 5.74) is 6.03. The van der Waals surface area contributed by atoms with E-state index >= 15 is 0 Å². The zero-order valence-electron chi connectivity index (χ0n) is 18.8. The van der Waals surface area contributed by atoms with Crippen molar-refractivity contribution in [2.45, 2.75) is 13.8 Å². The predicted molar refractivity (Wildman–Crippen MR) is 133 cm³/mol. The number of para-hydroxylation sites is 1. The van der Waals surface area contributed by atoms with Crippen LogP contribution >= 0.6 is 0 Å². The van der Waals surface area contributed by atoms with Gasteiger partial charge in [0.2, 0.25) is 0 Å². The Morgan fingerprint density at radius 3 is 2.47 bits per heavy atom. The molecule has 1 aliphatic carbocycles. The number of fused-ring (bicyclic) bond motifs is 2. The Morgan fingerprint density at radius 1 is 0.706 bits per heavy atom. The van der Waals surface area contributed by atoms with Crippen molar-refractivity contribution in [1.82, 2.24) is 15.0 Å². The molecular weight excluding hydrogens is 422 g/mol. The van der Waals surface area contributed by atoms with Crippen LogP contribution in [0.5, 0.6) is 11.5 Å². The second-order valence-corrected chi connectivity index (χ2v) is 8.22. The lowest BCUT2D eigenvalue weighted by Crippen LogP contribution is -1.98. The van der Waals surface area contributed by atoms with Gasteiger partial charge in [-0.15, -0.1) is 0 Å². The number of benzene rings is 1. The highest BCUT2D eigenvalue weighted by molar-refractivity contribution is 5.88. The van der Waals surface area contributed by atoms with E-state index in [0.29, 0.717) is 28.6 Å². The molecule has 4 heterocycles. The Hall–Kier alpha value is -4.51. The number of rotatable bonds is 4. The molecule has 1 aliphatic heterocycles. The fourth-order valence-corrected chi connectivity index (χ4v) is 4.02. The molecule has 0 N–H and O–H groups in total. The Kier molecular flexibility index (Phi) is 4.81. The molecular formula is C29H21N3O2. The van der Waals surface area contributed by atoms with E-state index in [4.69, 9.17) is 19.1 Å². The smallest absolute Gasteiger partial charge is 0.155 e. The molecule has 0 unspecified atom stereocenters. The third-order valence-electron chi connectivity index (χ3n) is 5.93. The normalized spacial score (nSPS) is 11.2. The van der Waals surface area contributed by atoms with Crippen molar-refractivity contribution in [3.05, 3.63) is 102 Å². The maximum Gasteiger partial charge on any atom is 0.155 e. The van der Waals surface area contributed by atoms with Crippen LogP contribution < -0.4 is 4.74 Å². The molecule has 3 aromatic heterocycles. The molecule has 164 valence electrons. The molecule has 0 saturated carbocycles. The lowest BCUT2D eigenvalue weighted by molar-refractivity contribution is 0.486. The monoisotopic (exact) mass is 443 g/mol. The molecule has 0 atom stereocenters. The quantitative estimate of drug-likeness (QED) is 0.283. The molecule has 6 rings (SSSR count). The van der Waals surface area contributed by atoms with Gasteiger partial charge < -0.3 is 9.15 Å². The highest BCUT2D eigenvalue weighted by atomic mass is 16.5. The summed E-state index contributed by atoms with van der Waals surface area (Å²) < 4.78 is 12.7. The average Bonchev–Trinajstić information content (AvgIpc) is 3.34. The molecule has 0 saturated heterocycles. The van der Waals surface area contributed by atoms with Gasteiger partial charge in [0.1, 0.15) is 22.9 Å². The minimum atomic E-state index is 0.646. The topological polar surface area (TPSA) is 61.0 Å². The fourth-order valence-electron chi connectivity index (χ4n) is 4.02. The molecule has 34 heavy (non-hydrogen) atoms. The number of pyridine rings is 3. The molecule has 0 spiro atoms. The second-order valence-electron chi connectivity index (χ2n) is 8.22. The van der Waals surface area contributed by atoms with Crippen molar-refractivity contribution in [2.24, 2.45) is 0 Å². The van der Waals surface area contributed by atoms with Gasteiger partial charge >= 0.3 is 0 Å². The van der Waals surface area contributed by atoms with Crippen LogP contribution in [0.4, 0.5) is 0 Å². The van der Waals surface area contributed by atoms with Crippen LogP contribution in [-0.2, 0) is 0 Å². The summed E-state index contributed by atoms with van der Waals surface area (Å²) in [4.78, 5) is 14.2. The van der Waals surface area contributed by atoms with Gasteiger partial charge in [-0.25, -0.2) is 9.97 Å². The van der Waals surface area contributed by atoms with E-state index in [1.807, 2.05) is 98.8 Å². The third kappa shape index (κ3) is 3.57. The number of hydrogen-bond acceptors (Lipinski definition) is 5. The van der Waals surface area contributed by atoms with Gasteiger partial charge in [-0.3, -0.25) is 4.98 Å². The van der Waals surface area contributed by atoms with Crippen LogP contribution in [-0.4, -0.2) is 15.0 Å². The van der Waals surface area contributed by atoms with Crippen molar-refractivity contribution in [1.29, 1.82) is 0 Å². The SMILES string of the molecule is Cc1cc(Oc2cc(-c3ccc4cccc-4o3)nc3ccccc23)c(-c2ccccn2)nc1C. The van der Waals surface area contributed by atoms with Gasteiger partial charge in [0.15, 0.2) is 11.5 Å². The van der Waals surface area contributed by atoms with Gasteiger partial charge in [0.25, 0.3) is 0 Å². The van der Waals surface area contributed by atoms with E-state index in [-0.39, 0.29) is 0 Å². The fraction of sp³-hybridized carbons (Fsp3) is 0.0690. The Labute approximate surface area is 197 Å². The largest absolute Gasteiger partial charge is 0.454 e. The first-order valence-corrected chi connectivity index (χ1v) is 11.1. The van der Waals surface area contributed by atoms with Crippen molar-refractivity contribution in [3.63, 3.8) is 0 Å². The van der Waals surface area contributed by atoms with Crippen LogP contribution in [0.3, 0.4) is 0 Å². The molecule has 5 nitrogen and oxygen atoms in total.